The minimum Gasteiger partial charge on any atom is -0.481 e. The number of carbonyl (C=O) groups is 8. The highest BCUT2D eigenvalue weighted by atomic mass is 16.7. The minimum atomic E-state index is -1.79. The van der Waals surface area contributed by atoms with Gasteiger partial charge in [0.25, 0.3) is 11.8 Å². The van der Waals surface area contributed by atoms with Gasteiger partial charge in [0.2, 0.25) is 12.3 Å². The van der Waals surface area contributed by atoms with Gasteiger partial charge in [-0.2, -0.15) is 5.06 Å². The van der Waals surface area contributed by atoms with Crippen LogP contribution in [0.25, 0.3) is 11.3 Å². The average molecular weight is 782 g/mol. The number of carboxylic acids is 3. The van der Waals surface area contributed by atoms with Crippen molar-refractivity contribution in [1.29, 1.82) is 0 Å². The maximum atomic E-state index is 13.5. The number of carboxylic acid groups (broad SMARTS) is 3. The molecule has 0 saturated carbocycles. The Balaban J connectivity index is 1.73. The Labute approximate surface area is 320 Å². The van der Waals surface area contributed by atoms with Gasteiger partial charge < -0.3 is 45.3 Å². The lowest BCUT2D eigenvalue weighted by Crippen LogP contribution is -2.49. The molecule has 2 heterocycles. The predicted molar refractivity (Wildman–Crippen MR) is 193 cm³/mol. The zero-order valence-electron chi connectivity index (χ0n) is 30.8. The highest BCUT2D eigenvalue weighted by Gasteiger charge is 2.34. The predicted octanol–water partition coefficient (Wildman–Crippen LogP) is 2.78. The number of rotatable bonds is 23. The second-order valence-electron chi connectivity index (χ2n) is 12.4. The molecule has 0 aliphatic rings. The van der Waals surface area contributed by atoms with Crippen LogP contribution >= 0.6 is 0 Å². The zero-order valence-corrected chi connectivity index (χ0v) is 30.8. The van der Waals surface area contributed by atoms with Gasteiger partial charge in [0.1, 0.15) is 17.6 Å². The van der Waals surface area contributed by atoms with Crippen LogP contribution in [-0.2, 0) is 28.8 Å². The number of nitrogens with zero attached hydrogens (tertiary/aromatic N) is 2. The third kappa shape index (κ3) is 12.4. The molecule has 19 nitrogen and oxygen atoms in total. The van der Waals surface area contributed by atoms with Crippen LogP contribution in [0.1, 0.15) is 89.2 Å². The monoisotopic (exact) mass is 781 g/mol. The highest BCUT2D eigenvalue weighted by Crippen LogP contribution is 2.29. The van der Waals surface area contributed by atoms with E-state index in [4.69, 9.17) is 24.2 Å². The first kappa shape index (κ1) is 43.6. The molecule has 0 aliphatic carbocycles. The molecule has 56 heavy (non-hydrogen) atoms. The quantitative estimate of drug-likeness (QED) is 0.0349. The van der Waals surface area contributed by atoms with Gasteiger partial charge in [-0.1, -0.05) is 39.2 Å². The third-order valence-corrected chi connectivity index (χ3v) is 8.38. The molecule has 300 valence electrons. The lowest BCUT2D eigenvalue weighted by molar-refractivity contribution is -0.171. The van der Waals surface area contributed by atoms with Gasteiger partial charge in [-0.15, -0.1) is 0 Å². The van der Waals surface area contributed by atoms with Crippen LogP contribution in [0.2, 0.25) is 0 Å². The Bertz CT molecular complexity index is 1910. The molecule has 3 aromatic rings. The van der Waals surface area contributed by atoms with Crippen LogP contribution in [0.4, 0.5) is 0 Å². The number of hydroxylamine groups is 2. The Hall–Kier alpha value is -6.79. The van der Waals surface area contributed by atoms with Crippen molar-refractivity contribution in [3.8, 4) is 17.1 Å². The smallest absolute Gasteiger partial charge is 0.363 e. The molecule has 1 aromatic carbocycles. The maximum absolute atomic E-state index is 13.5. The SMILES string of the molecule is CCCCCC(C(=O)NCNC(=O)c1ccc(-c2ccc(C(=O)NC(CC(=O)O)C(=O)O)c(OCC(=O)O)c2)o1)C(CC)N(C=O)OC(=O)c1ccncc1C. The number of hydrogen-bond donors (Lipinski definition) is 6. The molecular formula is C37H43N5O14. The summed E-state index contributed by atoms with van der Waals surface area (Å²) in [6.45, 7) is 4.16. The van der Waals surface area contributed by atoms with Crippen LogP contribution in [-0.4, -0.2) is 98.7 Å². The number of aromatic nitrogens is 1. The molecule has 0 fully saturated rings. The lowest BCUT2D eigenvalue weighted by Gasteiger charge is -2.32. The van der Waals surface area contributed by atoms with Crippen LogP contribution in [0.15, 0.2) is 53.2 Å². The summed E-state index contributed by atoms with van der Waals surface area (Å²) in [6, 6.07) is 5.28. The molecule has 0 saturated heterocycles. The molecule has 0 bridgehead atoms. The minimum absolute atomic E-state index is 0.0767. The van der Waals surface area contributed by atoms with Crippen molar-refractivity contribution in [2.45, 2.75) is 71.4 Å². The summed E-state index contributed by atoms with van der Waals surface area (Å²) in [5.41, 5.74) is 0.654. The summed E-state index contributed by atoms with van der Waals surface area (Å²) in [6.07, 6.45) is 5.22. The van der Waals surface area contributed by atoms with Gasteiger partial charge in [0, 0.05) is 18.0 Å². The van der Waals surface area contributed by atoms with E-state index >= 15 is 0 Å². The molecule has 3 atom stereocenters. The number of amides is 4. The molecule has 2 aromatic heterocycles. The van der Waals surface area contributed by atoms with E-state index in [2.05, 4.69) is 20.9 Å². The van der Waals surface area contributed by atoms with Gasteiger partial charge in [-0.25, -0.2) is 14.4 Å². The number of aryl methyl sites for hydroxylation is 1. The topological polar surface area (TPSA) is 281 Å². The van der Waals surface area contributed by atoms with E-state index in [0.717, 1.165) is 17.9 Å². The fourth-order valence-electron chi connectivity index (χ4n) is 5.55. The number of carbonyl (C=O) groups excluding carboxylic acids is 5. The molecule has 0 spiro atoms. The van der Waals surface area contributed by atoms with Gasteiger partial charge in [0.15, 0.2) is 12.4 Å². The molecule has 0 aliphatic heterocycles. The van der Waals surface area contributed by atoms with Gasteiger partial charge in [-0.05, 0) is 55.7 Å². The summed E-state index contributed by atoms with van der Waals surface area (Å²) >= 11 is 0. The number of unbranched alkanes of at least 4 members (excludes halogenated alkanes) is 2. The Kier molecular flexibility index (Phi) is 16.5. The van der Waals surface area contributed by atoms with Crippen molar-refractivity contribution in [3.05, 3.63) is 71.2 Å². The van der Waals surface area contributed by atoms with Gasteiger partial charge >= 0.3 is 23.9 Å². The number of pyridine rings is 1. The molecule has 0 radical (unpaired) electrons. The first-order chi connectivity index (χ1) is 26.7. The van der Waals surface area contributed by atoms with E-state index in [1.807, 2.05) is 6.92 Å². The largest absolute Gasteiger partial charge is 0.481 e. The Morgan fingerprint density at radius 2 is 1.68 bits per heavy atom. The van der Waals surface area contributed by atoms with Crippen LogP contribution in [0, 0.1) is 12.8 Å². The van der Waals surface area contributed by atoms with E-state index in [-0.39, 0.29) is 47.0 Å². The van der Waals surface area contributed by atoms with E-state index in [0.29, 0.717) is 24.8 Å². The number of nitrogens with one attached hydrogen (secondary N) is 3. The molecule has 6 N–H and O–H groups in total. The first-order valence-corrected chi connectivity index (χ1v) is 17.5. The summed E-state index contributed by atoms with van der Waals surface area (Å²) in [5.74, 6) is -8.81. The second-order valence-corrected chi connectivity index (χ2v) is 12.4. The van der Waals surface area contributed by atoms with Crippen molar-refractivity contribution in [3.63, 3.8) is 0 Å². The van der Waals surface area contributed by atoms with Crippen LogP contribution in [0.5, 0.6) is 5.75 Å². The van der Waals surface area contributed by atoms with Crippen molar-refractivity contribution in [2.75, 3.05) is 13.3 Å². The number of ether oxygens (including phenoxy) is 1. The number of benzene rings is 1. The summed E-state index contributed by atoms with van der Waals surface area (Å²) in [4.78, 5) is 107. The zero-order chi connectivity index (χ0) is 41.4. The van der Waals surface area contributed by atoms with Crippen molar-refractivity contribution < 1.29 is 67.7 Å². The average Bonchev–Trinajstić information content (AvgIpc) is 3.66. The van der Waals surface area contributed by atoms with E-state index < -0.39 is 72.6 Å². The first-order valence-electron chi connectivity index (χ1n) is 17.5. The standard InChI is InChI=1S/C37H43N5O14/c1-4-6-7-8-24(27(5-2)42(20-43)56-37(53)23-13-14-38-17-21(23)3)33(48)39-19-40-35(50)29-12-11-28(55-29)22-9-10-25(30(15-22)54-18-32(46)47)34(49)41-26(36(51)52)16-31(44)45/h9-15,17,20,24,26-27H,4-8,16,18-19H2,1-3H3,(H,39,48)(H,40,50)(H,41,49)(H,44,45)(H,46,47)(H,51,52). The molecule has 3 unspecified atom stereocenters. The van der Waals surface area contributed by atoms with Gasteiger partial charge in [0.05, 0.1) is 36.2 Å². The number of furan rings is 1. The van der Waals surface area contributed by atoms with Crippen molar-refractivity contribution >= 4 is 48.0 Å². The Morgan fingerprint density at radius 3 is 2.30 bits per heavy atom. The second kappa shape index (κ2) is 21.2. The number of aliphatic carboxylic acids is 3. The van der Waals surface area contributed by atoms with Gasteiger partial charge in [-0.3, -0.25) is 29.0 Å². The highest BCUT2D eigenvalue weighted by molar-refractivity contribution is 6.00. The van der Waals surface area contributed by atoms with Crippen molar-refractivity contribution in [1.82, 2.24) is 26.0 Å². The molecule has 4 amide bonds. The van der Waals surface area contributed by atoms with Crippen LogP contribution < -0.4 is 20.7 Å². The fraction of sp³-hybridized carbons (Fsp3) is 0.378. The summed E-state index contributed by atoms with van der Waals surface area (Å²) < 4.78 is 10.9. The third-order valence-electron chi connectivity index (χ3n) is 8.38. The van der Waals surface area contributed by atoms with Crippen molar-refractivity contribution in [2.24, 2.45) is 5.92 Å². The molecule has 19 heteroatoms. The Morgan fingerprint density at radius 1 is 0.929 bits per heavy atom. The maximum Gasteiger partial charge on any atom is 0.363 e. The molecule has 3 rings (SSSR count). The lowest BCUT2D eigenvalue weighted by atomic mass is 9.90. The van der Waals surface area contributed by atoms with E-state index in [1.54, 1.807) is 13.8 Å². The van der Waals surface area contributed by atoms with E-state index in [1.165, 1.54) is 48.8 Å². The fourth-order valence-corrected chi connectivity index (χ4v) is 5.55. The summed E-state index contributed by atoms with van der Waals surface area (Å²) in [5, 5.41) is 35.4. The van der Waals surface area contributed by atoms with Crippen LogP contribution in [0.3, 0.4) is 0 Å². The normalized spacial score (nSPS) is 12.3. The molecular weight excluding hydrogens is 738 g/mol. The van der Waals surface area contributed by atoms with E-state index in [9.17, 15) is 43.5 Å². The summed E-state index contributed by atoms with van der Waals surface area (Å²) in [7, 11) is 0. The number of hydrogen-bond acceptors (Lipinski definition) is 12.